The van der Waals surface area contributed by atoms with Crippen molar-refractivity contribution in [3.8, 4) is 0 Å². The van der Waals surface area contributed by atoms with Crippen molar-refractivity contribution in [2.45, 2.75) is 43.9 Å². The molecular formula is C23H26ClNO5S. The summed E-state index contributed by atoms with van der Waals surface area (Å²) in [6, 6.07) is 11.1. The molecule has 0 bridgehead atoms. The highest BCUT2D eigenvalue weighted by Crippen LogP contribution is 2.28. The van der Waals surface area contributed by atoms with Gasteiger partial charge in [0, 0.05) is 18.7 Å². The molecule has 31 heavy (non-hydrogen) atoms. The Bertz CT molecular complexity index is 1040. The number of ether oxygens (including phenoxy) is 1. The number of hydrogen-bond donors (Lipinski definition) is 0. The Morgan fingerprint density at radius 1 is 0.968 bits per heavy atom. The molecule has 0 amide bonds. The van der Waals surface area contributed by atoms with E-state index in [4.69, 9.17) is 16.3 Å². The Balaban J connectivity index is 1.72. The first kappa shape index (κ1) is 23.4. The van der Waals surface area contributed by atoms with E-state index in [9.17, 15) is 18.0 Å². The molecule has 0 unspecified atom stereocenters. The van der Waals surface area contributed by atoms with Crippen LogP contribution in [0.4, 0.5) is 0 Å². The van der Waals surface area contributed by atoms with Gasteiger partial charge in [0.1, 0.15) is 4.90 Å². The second-order valence-corrected chi connectivity index (χ2v) is 9.83. The molecule has 1 aliphatic heterocycles. The number of nitrogens with zero attached hydrogens (tertiary/aromatic N) is 1. The zero-order valence-corrected chi connectivity index (χ0v) is 19.0. The first-order valence-corrected chi connectivity index (χ1v) is 12.2. The van der Waals surface area contributed by atoms with Crippen LogP contribution in [0.2, 0.25) is 5.02 Å². The molecule has 166 valence electrons. The maximum absolute atomic E-state index is 13.1. The van der Waals surface area contributed by atoms with Crippen LogP contribution in [0.15, 0.2) is 47.4 Å². The van der Waals surface area contributed by atoms with E-state index in [0.29, 0.717) is 18.7 Å². The van der Waals surface area contributed by atoms with Crippen LogP contribution in [-0.4, -0.2) is 44.2 Å². The van der Waals surface area contributed by atoms with Crippen LogP contribution < -0.4 is 0 Å². The van der Waals surface area contributed by atoms with Crippen LogP contribution in [0.5, 0.6) is 0 Å². The van der Waals surface area contributed by atoms with Gasteiger partial charge in [-0.2, -0.15) is 4.31 Å². The largest absolute Gasteiger partial charge is 0.454 e. The topological polar surface area (TPSA) is 80.8 Å². The fourth-order valence-corrected chi connectivity index (χ4v) is 5.49. The number of carbonyl (C=O) groups is 2. The summed E-state index contributed by atoms with van der Waals surface area (Å²) < 4.78 is 32.7. The van der Waals surface area contributed by atoms with Gasteiger partial charge >= 0.3 is 5.97 Å². The molecule has 0 radical (unpaired) electrons. The molecule has 1 saturated heterocycles. The zero-order valence-electron chi connectivity index (χ0n) is 17.5. The first-order valence-electron chi connectivity index (χ1n) is 10.4. The van der Waals surface area contributed by atoms with E-state index in [2.05, 4.69) is 0 Å². The summed E-state index contributed by atoms with van der Waals surface area (Å²) in [5, 5.41) is 0.0490. The molecule has 0 aromatic heterocycles. The lowest BCUT2D eigenvalue weighted by Gasteiger charge is -2.21. The third kappa shape index (κ3) is 5.73. The fraction of sp³-hybridized carbons (Fsp3) is 0.391. The van der Waals surface area contributed by atoms with Gasteiger partial charge in [0.05, 0.1) is 10.6 Å². The maximum atomic E-state index is 13.1. The molecule has 8 heteroatoms. The normalized spacial score (nSPS) is 15.3. The van der Waals surface area contributed by atoms with Crippen LogP contribution in [0, 0.1) is 0 Å². The minimum absolute atomic E-state index is 0.0342. The zero-order chi connectivity index (χ0) is 22.4. The fourth-order valence-electron chi connectivity index (χ4n) is 3.47. The Kier molecular flexibility index (Phi) is 7.86. The first-order chi connectivity index (χ1) is 14.8. The van der Waals surface area contributed by atoms with Gasteiger partial charge in [0.25, 0.3) is 0 Å². The molecule has 0 atom stereocenters. The van der Waals surface area contributed by atoms with Crippen molar-refractivity contribution in [1.29, 1.82) is 0 Å². The van der Waals surface area contributed by atoms with E-state index >= 15 is 0 Å². The minimum Gasteiger partial charge on any atom is -0.454 e. The Morgan fingerprint density at radius 2 is 1.58 bits per heavy atom. The summed E-state index contributed by atoms with van der Waals surface area (Å²) in [6.07, 6.45) is 4.42. The molecule has 1 aliphatic rings. The summed E-state index contributed by atoms with van der Waals surface area (Å²) in [7, 11) is -3.83. The second-order valence-electron chi connectivity index (χ2n) is 7.51. The lowest BCUT2D eigenvalue weighted by molar-refractivity contribution is 0.0474. The Hall–Kier alpha value is -2.22. The number of carbonyl (C=O) groups excluding carboxylic acids is 2. The monoisotopic (exact) mass is 463 g/mol. The number of halogens is 1. The summed E-state index contributed by atoms with van der Waals surface area (Å²) in [5.74, 6) is -1.11. The third-order valence-corrected chi connectivity index (χ3v) is 7.75. The summed E-state index contributed by atoms with van der Waals surface area (Å²) in [6.45, 7) is 2.45. The van der Waals surface area contributed by atoms with Crippen LogP contribution in [0.25, 0.3) is 0 Å². The molecule has 3 rings (SSSR count). The second kappa shape index (κ2) is 10.4. The number of ketones is 1. The number of sulfonamides is 1. The van der Waals surface area contributed by atoms with Gasteiger partial charge < -0.3 is 4.74 Å². The van der Waals surface area contributed by atoms with Gasteiger partial charge in [-0.3, -0.25) is 4.79 Å². The predicted molar refractivity (Wildman–Crippen MR) is 119 cm³/mol. The number of benzene rings is 2. The van der Waals surface area contributed by atoms with Crippen LogP contribution in [-0.2, 0) is 21.2 Å². The van der Waals surface area contributed by atoms with E-state index < -0.39 is 22.6 Å². The van der Waals surface area contributed by atoms with Gasteiger partial charge in [-0.1, -0.05) is 55.6 Å². The van der Waals surface area contributed by atoms with Crippen molar-refractivity contribution in [3.63, 3.8) is 0 Å². The van der Waals surface area contributed by atoms with Gasteiger partial charge in [-0.25, -0.2) is 13.2 Å². The van der Waals surface area contributed by atoms with Crippen molar-refractivity contribution in [3.05, 3.63) is 64.2 Å². The highest BCUT2D eigenvalue weighted by atomic mass is 35.5. The summed E-state index contributed by atoms with van der Waals surface area (Å²) >= 11 is 6.17. The molecule has 0 spiro atoms. The average molecular weight is 464 g/mol. The molecule has 0 aliphatic carbocycles. The van der Waals surface area contributed by atoms with Crippen LogP contribution in [0.1, 0.15) is 58.9 Å². The molecule has 0 saturated carbocycles. The van der Waals surface area contributed by atoms with Gasteiger partial charge in [0.2, 0.25) is 10.0 Å². The molecule has 0 N–H and O–H groups in total. The molecule has 6 nitrogen and oxygen atoms in total. The molecule has 2 aromatic rings. The molecule has 1 heterocycles. The number of hydrogen-bond acceptors (Lipinski definition) is 5. The summed E-state index contributed by atoms with van der Waals surface area (Å²) in [4.78, 5) is 24.7. The number of aryl methyl sites for hydroxylation is 1. The van der Waals surface area contributed by atoms with E-state index in [1.807, 2.05) is 19.1 Å². The highest BCUT2D eigenvalue weighted by Gasteiger charge is 2.28. The van der Waals surface area contributed by atoms with Gasteiger partial charge in [0.15, 0.2) is 12.4 Å². The Morgan fingerprint density at radius 3 is 2.19 bits per heavy atom. The van der Waals surface area contributed by atoms with E-state index in [0.717, 1.165) is 37.7 Å². The third-order valence-electron chi connectivity index (χ3n) is 5.37. The quantitative estimate of drug-likeness (QED) is 0.446. The van der Waals surface area contributed by atoms with Crippen LogP contribution in [0.3, 0.4) is 0 Å². The van der Waals surface area contributed by atoms with Crippen molar-refractivity contribution < 1.29 is 22.7 Å². The molecule has 1 fully saturated rings. The highest BCUT2D eigenvalue weighted by molar-refractivity contribution is 7.89. The Labute approximate surface area is 188 Å². The maximum Gasteiger partial charge on any atom is 0.338 e. The smallest absolute Gasteiger partial charge is 0.338 e. The van der Waals surface area contributed by atoms with Crippen LogP contribution >= 0.6 is 11.6 Å². The predicted octanol–water partition coefficient (Wildman–Crippen LogP) is 4.51. The van der Waals surface area contributed by atoms with Crippen molar-refractivity contribution >= 4 is 33.4 Å². The lowest BCUT2D eigenvalue weighted by atomic mass is 10.1. The van der Waals surface area contributed by atoms with E-state index in [-0.39, 0.29) is 21.3 Å². The number of esters is 1. The van der Waals surface area contributed by atoms with E-state index in [1.165, 1.54) is 22.5 Å². The average Bonchev–Trinajstić information content (AvgIpc) is 3.07. The SMILES string of the molecule is CCc1ccc(C(=O)COC(=O)c2ccc(Cl)c(S(=O)(=O)N3CCCCCC3)c2)cc1. The number of Topliss-reactive ketones (excluding diaryl/α,β-unsaturated/α-hetero) is 1. The van der Waals surface area contributed by atoms with Gasteiger partial charge in [-0.05, 0) is 43.0 Å². The number of rotatable bonds is 7. The standard InChI is InChI=1S/C23H26ClNO5S/c1-2-17-7-9-18(10-8-17)21(26)16-30-23(27)19-11-12-20(24)22(15-19)31(28,29)25-13-5-3-4-6-14-25/h7-12,15H,2-6,13-14,16H2,1H3. The minimum atomic E-state index is -3.83. The van der Waals surface area contributed by atoms with Crippen molar-refractivity contribution in [1.82, 2.24) is 4.31 Å². The van der Waals surface area contributed by atoms with E-state index in [1.54, 1.807) is 12.1 Å². The molecular weight excluding hydrogens is 438 g/mol. The summed E-state index contributed by atoms with van der Waals surface area (Å²) in [5.41, 5.74) is 1.59. The molecule has 2 aromatic carbocycles. The lowest BCUT2D eigenvalue weighted by Crippen LogP contribution is -2.32. The van der Waals surface area contributed by atoms with Crippen molar-refractivity contribution in [2.24, 2.45) is 0 Å². The van der Waals surface area contributed by atoms with Gasteiger partial charge in [-0.15, -0.1) is 0 Å². The van der Waals surface area contributed by atoms with Crippen molar-refractivity contribution in [2.75, 3.05) is 19.7 Å².